The number of ether oxygens (including phenoxy) is 1. The number of rotatable bonds is 4. The second-order valence-electron chi connectivity index (χ2n) is 7.20. The summed E-state index contributed by atoms with van der Waals surface area (Å²) in [5, 5.41) is 2.83. The van der Waals surface area contributed by atoms with Crippen molar-refractivity contribution in [3.63, 3.8) is 0 Å². The lowest BCUT2D eigenvalue weighted by Gasteiger charge is -2.36. The molecule has 142 valence electrons. The number of nitrogens with zero attached hydrogens (tertiary/aromatic N) is 2. The molecule has 26 heavy (non-hydrogen) atoms. The molecule has 3 rings (SSSR count). The van der Waals surface area contributed by atoms with Crippen LogP contribution in [0.15, 0.2) is 12.1 Å². The number of urea groups is 1. The van der Waals surface area contributed by atoms with Crippen molar-refractivity contribution in [2.45, 2.75) is 52.3 Å². The van der Waals surface area contributed by atoms with Crippen molar-refractivity contribution in [2.24, 2.45) is 0 Å². The largest absolute Gasteiger partial charge is 0.489 e. The lowest BCUT2D eigenvalue weighted by Crippen LogP contribution is -2.49. The summed E-state index contributed by atoms with van der Waals surface area (Å²) in [5.41, 5.74) is 8.19. The first kappa shape index (κ1) is 18.4. The molecule has 0 atom stereocenters. The van der Waals surface area contributed by atoms with Crippen LogP contribution in [-0.4, -0.2) is 53.5 Å². The highest BCUT2D eigenvalue weighted by Gasteiger charge is 2.35. The Bertz CT molecular complexity index is 696. The molecule has 7 heteroatoms. The fourth-order valence-electron chi connectivity index (χ4n) is 3.67. The molecule has 3 amide bonds. The van der Waals surface area contributed by atoms with Crippen molar-refractivity contribution >= 4 is 17.6 Å². The molecule has 0 radical (unpaired) electrons. The summed E-state index contributed by atoms with van der Waals surface area (Å²) >= 11 is 0. The molecule has 1 saturated heterocycles. The van der Waals surface area contributed by atoms with E-state index in [1.807, 2.05) is 36.6 Å². The predicted octanol–water partition coefficient (Wildman–Crippen LogP) is 2.21. The Hall–Kier alpha value is -2.44. The third-order valence-corrected chi connectivity index (χ3v) is 4.95. The second-order valence-corrected chi connectivity index (χ2v) is 7.20. The zero-order valence-electron chi connectivity index (χ0n) is 15.7. The van der Waals surface area contributed by atoms with Gasteiger partial charge >= 0.3 is 6.03 Å². The van der Waals surface area contributed by atoms with Crippen molar-refractivity contribution in [1.29, 1.82) is 0 Å². The van der Waals surface area contributed by atoms with Gasteiger partial charge in [-0.25, -0.2) is 4.79 Å². The summed E-state index contributed by atoms with van der Waals surface area (Å²) in [6, 6.07) is 3.76. The summed E-state index contributed by atoms with van der Waals surface area (Å²) < 4.78 is 5.74. The van der Waals surface area contributed by atoms with Crippen molar-refractivity contribution in [1.82, 2.24) is 15.1 Å². The van der Waals surface area contributed by atoms with E-state index in [2.05, 4.69) is 5.32 Å². The molecule has 0 spiro atoms. The summed E-state index contributed by atoms with van der Waals surface area (Å²) in [7, 11) is 0. The summed E-state index contributed by atoms with van der Waals surface area (Å²) in [6.45, 7) is 8.35. The van der Waals surface area contributed by atoms with E-state index in [9.17, 15) is 9.59 Å². The first-order valence-corrected chi connectivity index (χ1v) is 9.33. The number of nitrogens with one attached hydrogen (secondary N) is 1. The van der Waals surface area contributed by atoms with Gasteiger partial charge in [-0.05, 0) is 51.3 Å². The van der Waals surface area contributed by atoms with Gasteiger partial charge in [-0.3, -0.25) is 4.79 Å². The molecule has 3 N–H and O–H groups in total. The number of hydrogen-bond acceptors (Lipinski definition) is 4. The first-order valence-electron chi connectivity index (χ1n) is 9.33. The van der Waals surface area contributed by atoms with Crippen LogP contribution in [0.4, 0.5) is 10.5 Å². The minimum absolute atomic E-state index is 0.0229. The Balaban J connectivity index is 1.68. The fourth-order valence-corrected chi connectivity index (χ4v) is 3.67. The molecule has 0 bridgehead atoms. The first-order chi connectivity index (χ1) is 12.4. The molecule has 2 aliphatic rings. The standard InChI is InChI=1S/C19H28N4O3/c1-4-21-19(25)22-7-5-14(6-8-22)23-11-13-9-17(26-12(2)3)16(20)10-15(13)18(23)24/h9-10,12,14H,4-8,11,20H2,1-3H3,(H,21,25). The molecule has 0 unspecified atom stereocenters. The lowest BCUT2D eigenvalue weighted by molar-refractivity contribution is 0.0622. The number of benzene rings is 1. The summed E-state index contributed by atoms with van der Waals surface area (Å²) in [6.07, 6.45) is 1.62. The van der Waals surface area contributed by atoms with Crippen LogP contribution >= 0.6 is 0 Å². The van der Waals surface area contributed by atoms with E-state index in [1.54, 1.807) is 6.07 Å². The number of hydrogen-bond donors (Lipinski definition) is 2. The Kier molecular flexibility index (Phi) is 5.25. The molecule has 2 aliphatic heterocycles. The van der Waals surface area contributed by atoms with Gasteiger partial charge in [0.25, 0.3) is 5.91 Å². The number of piperidine rings is 1. The third kappa shape index (κ3) is 3.57. The molecule has 0 aliphatic carbocycles. The topological polar surface area (TPSA) is 87.9 Å². The van der Waals surface area contributed by atoms with Gasteiger partial charge in [-0.15, -0.1) is 0 Å². The summed E-state index contributed by atoms with van der Waals surface area (Å²) in [4.78, 5) is 28.5. The van der Waals surface area contributed by atoms with Gasteiger partial charge in [-0.1, -0.05) is 0 Å². The number of nitrogen functional groups attached to an aromatic ring is 1. The maximum absolute atomic E-state index is 12.8. The molecule has 1 aromatic rings. The molecule has 7 nitrogen and oxygen atoms in total. The van der Waals surface area contributed by atoms with Gasteiger partial charge in [-0.2, -0.15) is 0 Å². The van der Waals surface area contributed by atoms with Crippen LogP contribution in [-0.2, 0) is 6.54 Å². The predicted molar refractivity (Wildman–Crippen MR) is 100 cm³/mol. The smallest absolute Gasteiger partial charge is 0.317 e. The molecule has 1 aromatic carbocycles. The van der Waals surface area contributed by atoms with Crippen molar-refractivity contribution in [2.75, 3.05) is 25.4 Å². The Labute approximate surface area is 154 Å². The van der Waals surface area contributed by atoms with Crippen LogP contribution in [0.3, 0.4) is 0 Å². The number of carbonyl (C=O) groups excluding carboxylic acids is 2. The van der Waals surface area contributed by atoms with Crippen LogP contribution in [0, 0.1) is 0 Å². The van der Waals surface area contributed by atoms with Crippen molar-refractivity contribution in [3.8, 4) is 5.75 Å². The highest BCUT2D eigenvalue weighted by Crippen LogP contribution is 2.34. The number of anilines is 1. The minimum Gasteiger partial charge on any atom is -0.489 e. The van der Waals surface area contributed by atoms with Crippen LogP contribution in [0.2, 0.25) is 0 Å². The number of carbonyl (C=O) groups is 2. The van der Waals surface area contributed by atoms with Gasteiger partial charge in [0, 0.05) is 37.8 Å². The molecule has 0 aromatic heterocycles. The zero-order valence-corrected chi connectivity index (χ0v) is 15.7. The van der Waals surface area contributed by atoms with Crippen LogP contribution < -0.4 is 15.8 Å². The van der Waals surface area contributed by atoms with E-state index in [4.69, 9.17) is 10.5 Å². The van der Waals surface area contributed by atoms with Crippen molar-refractivity contribution in [3.05, 3.63) is 23.3 Å². The number of amides is 3. The minimum atomic E-state index is -0.0229. The molecule has 2 heterocycles. The highest BCUT2D eigenvalue weighted by atomic mass is 16.5. The monoisotopic (exact) mass is 360 g/mol. The van der Waals surface area contributed by atoms with E-state index in [1.165, 1.54) is 0 Å². The van der Waals surface area contributed by atoms with Gasteiger partial charge in [0.1, 0.15) is 5.75 Å². The van der Waals surface area contributed by atoms with Gasteiger partial charge in [0.05, 0.1) is 11.8 Å². The molecule has 0 saturated carbocycles. The quantitative estimate of drug-likeness (QED) is 0.806. The van der Waals surface area contributed by atoms with Gasteiger partial charge in [0.2, 0.25) is 0 Å². The SMILES string of the molecule is CCNC(=O)N1CCC(N2Cc3cc(OC(C)C)c(N)cc3C2=O)CC1. The Morgan fingerprint density at radius 3 is 2.65 bits per heavy atom. The van der Waals surface area contributed by atoms with E-state index >= 15 is 0 Å². The normalized spacial score (nSPS) is 17.6. The van der Waals surface area contributed by atoms with E-state index in [0.29, 0.717) is 43.2 Å². The van der Waals surface area contributed by atoms with E-state index in [0.717, 1.165) is 18.4 Å². The lowest BCUT2D eigenvalue weighted by atomic mass is 10.0. The van der Waals surface area contributed by atoms with E-state index in [-0.39, 0.29) is 24.1 Å². The zero-order chi connectivity index (χ0) is 18.8. The van der Waals surface area contributed by atoms with Crippen molar-refractivity contribution < 1.29 is 14.3 Å². The van der Waals surface area contributed by atoms with Crippen LogP contribution in [0.5, 0.6) is 5.75 Å². The molecule has 1 fully saturated rings. The van der Waals surface area contributed by atoms with Gasteiger partial charge < -0.3 is 25.6 Å². The van der Waals surface area contributed by atoms with Crippen LogP contribution in [0.1, 0.15) is 49.5 Å². The fraction of sp³-hybridized carbons (Fsp3) is 0.579. The summed E-state index contributed by atoms with van der Waals surface area (Å²) in [5.74, 6) is 0.665. The van der Waals surface area contributed by atoms with Gasteiger partial charge in [0.15, 0.2) is 0 Å². The number of likely N-dealkylation sites (tertiary alicyclic amines) is 1. The highest BCUT2D eigenvalue weighted by molar-refractivity contribution is 6.00. The second kappa shape index (κ2) is 7.43. The average Bonchev–Trinajstić information content (AvgIpc) is 2.91. The Morgan fingerprint density at radius 1 is 1.35 bits per heavy atom. The van der Waals surface area contributed by atoms with E-state index < -0.39 is 0 Å². The van der Waals surface area contributed by atoms with Crippen LogP contribution in [0.25, 0.3) is 0 Å². The maximum atomic E-state index is 12.8. The maximum Gasteiger partial charge on any atom is 0.317 e. The molecular formula is C19H28N4O3. The molecular weight excluding hydrogens is 332 g/mol. The Morgan fingerprint density at radius 2 is 2.04 bits per heavy atom. The number of fused-ring (bicyclic) bond motifs is 1. The number of nitrogens with two attached hydrogens (primary N) is 1. The third-order valence-electron chi connectivity index (χ3n) is 4.95. The average molecular weight is 360 g/mol.